The molecular weight excluding hydrogens is 434 g/mol. The number of benzene rings is 2. The van der Waals surface area contributed by atoms with Gasteiger partial charge in [0.1, 0.15) is 5.54 Å². The number of hydrogen-bond acceptors (Lipinski definition) is 5. The van der Waals surface area contributed by atoms with E-state index < -0.39 is 36.0 Å². The van der Waals surface area contributed by atoms with Crippen molar-refractivity contribution in [3.8, 4) is 0 Å². The van der Waals surface area contributed by atoms with Crippen molar-refractivity contribution in [2.45, 2.75) is 51.0 Å². The molecule has 1 heterocycles. The summed E-state index contributed by atoms with van der Waals surface area (Å²) in [6, 6.07) is 16.4. The van der Waals surface area contributed by atoms with E-state index in [0.717, 1.165) is 30.4 Å². The van der Waals surface area contributed by atoms with Gasteiger partial charge in [-0.3, -0.25) is 15.0 Å². The first kappa shape index (κ1) is 23.5. The first-order chi connectivity index (χ1) is 16.4. The van der Waals surface area contributed by atoms with Crippen molar-refractivity contribution in [3.63, 3.8) is 0 Å². The summed E-state index contributed by atoms with van der Waals surface area (Å²) in [4.78, 5) is 50.2. The maximum atomic E-state index is 12.8. The van der Waals surface area contributed by atoms with Crippen molar-refractivity contribution in [3.05, 3.63) is 71.3 Å². The lowest BCUT2D eigenvalue weighted by Crippen LogP contribution is -2.52. The monoisotopic (exact) mass is 463 g/mol. The van der Waals surface area contributed by atoms with Gasteiger partial charge in [-0.05, 0) is 61.6 Å². The molecule has 2 aromatic rings. The molecule has 1 aliphatic carbocycles. The van der Waals surface area contributed by atoms with Gasteiger partial charge in [0.05, 0.1) is 5.56 Å². The van der Waals surface area contributed by atoms with Crippen LogP contribution in [0, 0.1) is 5.92 Å². The molecule has 2 aromatic carbocycles. The number of rotatable bonds is 7. The summed E-state index contributed by atoms with van der Waals surface area (Å²) in [6.07, 6.45) is 4.15. The number of imide groups is 1. The summed E-state index contributed by atoms with van der Waals surface area (Å²) in [5.74, 6) is -1.35. The second kappa shape index (κ2) is 10.1. The van der Waals surface area contributed by atoms with Gasteiger partial charge >= 0.3 is 12.0 Å². The van der Waals surface area contributed by atoms with Gasteiger partial charge in [0, 0.05) is 0 Å². The van der Waals surface area contributed by atoms with Gasteiger partial charge in [0.2, 0.25) is 0 Å². The van der Waals surface area contributed by atoms with Gasteiger partial charge in [0.15, 0.2) is 6.61 Å². The number of hydrogen-bond donors (Lipinski definition) is 2. The van der Waals surface area contributed by atoms with Crippen molar-refractivity contribution in [1.82, 2.24) is 15.8 Å². The Kier molecular flexibility index (Phi) is 6.95. The number of esters is 1. The van der Waals surface area contributed by atoms with Crippen LogP contribution in [0.25, 0.3) is 0 Å². The fraction of sp³-hybridized carbons (Fsp3) is 0.385. The van der Waals surface area contributed by atoms with Gasteiger partial charge in [0.25, 0.3) is 11.8 Å². The van der Waals surface area contributed by atoms with Crippen molar-refractivity contribution < 1.29 is 23.9 Å². The minimum atomic E-state index is -0.953. The normalized spacial score (nSPS) is 21.9. The predicted octanol–water partition coefficient (Wildman–Crippen LogP) is 3.16. The summed E-state index contributed by atoms with van der Waals surface area (Å²) >= 11 is 0. The third-order valence-electron chi connectivity index (χ3n) is 6.62. The zero-order chi connectivity index (χ0) is 24.1. The molecule has 0 atom stereocenters. The van der Waals surface area contributed by atoms with E-state index in [9.17, 15) is 19.2 Å². The third-order valence-corrected chi connectivity index (χ3v) is 6.62. The number of carbonyl (C=O) groups is 4. The number of nitrogens with zero attached hydrogens (tertiary/aromatic N) is 1. The molecule has 1 saturated heterocycles. The average Bonchev–Trinajstić information content (AvgIpc) is 3.08. The maximum Gasteiger partial charge on any atom is 0.344 e. The number of amides is 4. The van der Waals surface area contributed by atoms with E-state index in [1.807, 2.05) is 42.5 Å². The largest absolute Gasteiger partial charge is 0.452 e. The van der Waals surface area contributed by atoms with E-state index in [-0.39, 0.29) is 0 Å². The number of aryl methyl sites for hydroxylation is 2. The van der Waals surface area contributed by atoms with Crippen LogP contribution in [-0.2, 0) is 27.2 Å². The molecule has 2 aliphatic rings. The smallest absolute Gasteiger partial charge is 0.344 e. The Morgan fingerprint density at radius 1 is 1.03 bits per heavy atom. The SMILES string of the molecule is CC1CCC2(CC1)NC(=O)N(NC(=O)COC(=O)c1ccccc1CCc1ccccc1)C2=O. The molecular formula is C26H29N3O5. The van der Waals surface area contributed by atoms with E-state index in [4.69, 9.17) is 4.74 Å². The number of ether oxygens (including phenoxy) is 1. The zero-order valence-corrected chi connectivity index (χ0v) is 19.2. The Labute approximate surface area is 198 Å². The van der Waals surface area contributed by atoms with Crippen molar-refractivity contribution in [1.29, 1.82) is 0 Å². The molecule has 2 fully saturated rings. The standard InChI is InChI=1S/C26H29N3O5/c1-18-13-15-26(16-14-18)24(32)29(25(33)27-26)28-22(30)17-34-23(31)21-10-6-5-9-20(21)12-11-19-7-3-2-4-8-19/h2-10,18H,11-17H2,1H3,(H,27,33)(H,28,30). The summed E-state index contributed by atoms with van der Waals surface area (Å²) in [5.41, 5.74) is 3.69. The average molecular weight is 464 g/mol. The summed E-state index contributed by atoms with van der Waals surface area (Å²) < 4.78 is 5.19. The molecule has 34 heavy (non-hydrogen) atoms. The third kappa shape index (κ3) is 5.11. The highest BCUT2D eigenvalue weighted by Crippen LogP contribution is 2.35. The van der Waals surface area contributed by atoms with Crippen molar-refractivity contribution >= 4 is 23.8 Å². The number of hydrazine groups is 1. The molecule has 2 N–H and O–H groups in total. The highest BCUT2D eigenvalue weighted by molar-refractivity contribution is 6.08. The van der Waals surface area contributed by atoms with E-state index in [1.165, 1.54) is 0 Å². The number of urea groups is 1. The quantitative estimate of drug-likeness (QED) is 0.485. The van der Waals surface area contributed by atoms with Crippen molar-refractivity contribution in [2.75, 3.05) is 6.61 Å². The van der Waals surface area contributed by atoms with Crippen LogP contribution in [0.4, 0.5) is 4.79 Å². The number of carbonyl (C=O) groups excluding carboxylic acids is 4. The fourth-order valence-electron chi connectivity index (χ4n) is 4.54. The Balaban J connectivity index is 1.32. The molecule has 0 aromatic heterocycles. The molecule has 1 saturated carbocycles. The Hall–Kier alpha value is -3.68. The van der Waals surface area contributed by atoms with Crippen LogP contribution in [0.1, 0.15) is 54.1 Å². The minimum Gasteiger partial charge on any atom is -0.452 e. The fourth-order valence-corrected chi connectivity index (χ4v) is 4.54. The lowest BCUT2D eigenvalue weighted by Gasteiger charge is -2.33. The van der Waals surface area contributed by atoms with Gasteiger partial charge < -0.3 is 10.1 Å². The second-order valence-corrected chi connectivity index (χ2v) is 9.09. The lowest BCUT2D eigenvalue weighted by atomic mass is 9.77. The molecule has 1 spiro atoms. The van der Waals surface area contributed by atoms with Gasteiger partial charge in [-0.2, -0.15) is 5.01 Å². The molecule has 8 heteroatoms. The van der Waals surface area contributed by atoms with Crippen LogP contribution in [0.15, 0.2) is 54.6 Å². The first-order valence-corrected chi connectivity index (χ1v) is 11.6. The predicted molar refractivity (Wildman–Crippen MR) is 124 cm³/mol. The van der Waals surface area contributed by atoms with Crippen LogP contribution in [0.3, 0.4) is 0 Å². The van der Waals surface area contributed by atoms with Crippen LogP contribution >= 0.6 is 0 Å². The van der Waals surface area contributed by atoms with Crippen LogP contribution in [0.2, 0.25) is 0 Å². The zero-order valence-electron chi connectivity index (χ0n) is 19.2. The lowest BCUT2D eigenvalue weighted by molar-refractivity contribution is -0.141. The topological polar surface area (TPSA) is 105 Å². The molecule has 178 valence electrons. The molecule has 1 aliphatic heterocycles. The summed E-state index contributed by atoms with van der Waals surface area (Å²) in [6.45, 7) is 1.51. The Bertz CT molecular complexity index is 1080. The summed E-state index contributed by atoms with van der Waals surface area (Å²) in [5, 5.41) is 3.44. The minimum absolute atomic E-state index is 0.386. The van der Waals surface area contributed by atoms with Gasteiger partial charge in [-0.25, -0.2) is 9.59 Å². The van der Waals surface area contributed by atoms with E-state index in [0.29, 0.717) is 35.8 Å². The maximum absolute atomic E-state index is 12.8. The van der Waals surface area contributed by atoms with E-state index >= 15 is 0 Å². The molecule has 4 rings (SSSR count). The Morgan fingerprint density at radius 2 is 1.71 bits per heavy atom. The second-order valence-electron chi connectivity index (χ2n) is 9.09. The van der Waals surface area contributed by atoms with Gasteiger partial charge in [-0.1, -0.05) is 55.5 Å². The van der Waals surface area contributed by atoms with E-state index in [2.05, 4.69) is 17.7 Å². The number of nitrogens with one attached hydrogen (secondary N) is 2. The molecule has 8 nitrogen and oxygen atoms in total. The highest BCUT2D eigenvalue weighted by Gasteiger charge is 2.52. The van der Waals surface area contributed by atoms with Crippen LogP contribution in [0.5, 0.6) is 0 Å². The van der Waals surface area contributed by atoms with Gasteiger partial charge in [-0.15, -0.1) is 0 Å². The van der Waals surface area contributed by atoms with Crippen LogP contribution < -0.4 is 10.7 Å². The summed E-state index contributed by atoms with van der Waals surface area (Å²) in [7, 11) is 0. The first-order valence-electron chi connectivity index (χ1n) is 11.6. The molecule has 0 bridgehead atoms. The van der Waals surface area contributed by atoms with Crippen LogP contribution in [-0.4, -0.2) is 41.0 Å². The molecule has 0 radical (unpaired) electrons. The van der Waals surface area contributed by atoms with Crippen molar-refractivity contribution in [2.24, 2.45) is 5.92 Å². The highest BCUT2D eigenvalue weighted by atomic mass is 16.5. The van der Waals surface area contributed by atoms with E-state index in [1.54, 1.807) is 12.1 Å². The molecule has 4 amide bonds. The molecule has 0 unspecified atom stereocenters. The Morgan fingerprint density at radius 3 is 2.44 bits per heavy atom.